The molecule has 0 spiro atoms. The minimum atomic E-state index is -0.634. The van der Waals surface area contributed by atoms with E-state index >= 15 is 0 Å². The number of hydrogen-bond donors (Lipinski definition) is 0. The van der Waals surface area contributed by atoms with Gasteiger partial charge in [0, 0.05) is 4.47 Å². The number of carbonyl (C=O) groups is 1. The summed E-state index contributed by atoms with van der Waals surface area (Å²) >= 11 is 9.22. The Bertz CT molecular complexity index is 1530. The van der Waals surface area contributed by atoms with E-state index < -0.39 is 12.0 Å². The van der Waals surface area contributed by atoms with Gasteiger partial charge in [-0.3, -0.25) is 9.36 Å². The number of rotatable bonds is 7. The normalized spacial score (nSPS) is 15.4. The lowest BCUT2D eigenvalue weighted by atomic mass is 9.96. The van der Waals surface area contributed by atoms with Crippen molar-refractivity contribution in [1.82, 2.24) is 4.57 Å². The van der Waals surface area contributed by atoms with Gasteiger partial charge in [-0.05, 0) is 100 Å². The largest absolute Gasteiger partial charge is 0.487 e. The molecule has 4 rings (SSSR count). The van der Waals surface area contributed by atoms with Gasteiger partial charge in [0.25, 0.3) is 5.56 Å². The van der Waals surface area contributed by atoms with Crippen molar-refractivity contribution in [2.24, 2.45) is 4.99 Å². The van der Waals surface area contributed by atoms with Crippen LogP contribution in [0.3, 0.4) is 0 Å². The number of fused-ring (bicyclic) bond motifs is 1. The first-order valence-electron chi connectivity index (χ1n) is 10.9. The van der Waals surface area contributed by atoms with Crippen molar-refractivity contribution in [3.8, 4) is 5.75 Å². The maximum atomic E-state index is 13.7. The Morgan fingerprint density at radius 2 is 1.92 bits per heavy atom. The fraction of sp³-hybridized carbons (Fsp3) is 0.192. The second-order valence-corrected chi connectivity index (χ2v) is 12.0. The molecule has 2 aromatic carbocycles. The SMILES string of the molecule is C=CCOc1c(I)cc(/C=c2\sc3n(c2=O)[C@H](c2ccc(Br)cc2)C(C(=O)OCC)=C(C)N=3)cc1I. The van der Waals surface area contributed by atoms with Gasteiger partial charge in [0.15, 0.2) is 4.80 Å². The third-order valence-electron chi connectivity index (χ3n) is 5.37. The van der Waals surface area contributed by atoms with E-state index in [1.165, 1.54) is 11.3 Å². The van der Waals surface area contributed by atoms with Gasteiger partial charge in [0.05, 0.1) is 35.6 Å². The lowest BCUT2D eigenvalue weighted by Gasteiger charge is -2.24. The topological polar surface area (TPSA) is 69.9 Å². The predicted octanol–water partition coefficient (Wildman–Crippen LogP) is 5.33. The highest BCUT2D eigenvalue weighted by molar-refractivity contribution is 14.1. The van der Waals surface area contributed by atoms with Crippen LogP contribution < -0.4 is 19.6 Å². The van der Waals surface area contributed by atoms with E-state index in [4.69, 9.17) is 9.47 Å². The highest BCUT2D eigenvalue weighted by atomic mass is 127. The molecular weight excluding hydrogens is 770 g/mol. The van der Waals surface area contributed by atoms with Crippen LogP contribution >= 0.6 is 72.4 Å². The molecule has 10 heteroatoms. The molecule has 1 atom stereocenters. The molecule has 0 saturated carbocycles. The Morgan fingerprint density at radius 3 is 2.53 bits per heavy atom. The Balaban J connectivity index is 1.89. The molecule has 1 aliphatic heterocycles. The third-order valence-corrected chi connectivity index (χ3v) is 8.48. The quantitative estimate of drug-likeness (QED) is 0.185. The maximum Gasteiger partial charge on any atom is 0.338 e. The van der Waals surface area contributed by atoms with Gasteiger partial charge in [-0.15, -0.1) is 0 Å². The minimum Gasteiger partial charge on any atom is -0.487 e. The van der Waals surface area contributed by atoms with Gasteiger partial charge in [-0.2, -0.15) is 0 Å². The molecule has 0 aliphatic carbocycles. The van der Waals surface area contributed by atoms with E-state index in [0.717, 1.165) is 28.5 Å². The monoisotopic (exact) mass is 790 g/mol. The van der Waals surface area contributed by atoms with Crippen molar-refractivity contribution < 1.29 is 14.3 Å². The highest BCUT2D eigenvalue weighted by Crippen LogP contribution is 2.32. The van der Waals surface area contributed by atoms with Crippen molar-refractivity contribution in [3.63, 3.8) is 0 Å². The summed E-state index contributed by atoms with van der Waals surface area (Å²) in [5.41, 5.74) is 2.38. The van der Waals surface area contributed by atoms with Gasteiger partial charge in [-0.25, -0.2) is 9.79 Å². The van der Waals surface area contributed by atoms with Crippen LogP contribution in [-0.2, 0) is 9.53 Å². The van der Waals surface area contributed by atoms with Crippen molar-refractivity contribution >= 4 is 84.5 Å². The lowest BCUT2D eigenvalue weighted by Crippen LogP contribution is -2.39. The number of benzene rings is 2. The molecule has 1 aliphatic rings. The van der Waals surface area contributed by atoms with Crippen LogP contribution in [0.4, 0.5) is 0 Å². The Hall–Kier alpha value is -1.77. The predicted molar refractivity (Wildman–Crippen MR) is 162 cm³/mol. The van der Waals surface area contributed by atoms with Crippen molar-refractivity contribution in [3.05, 3.63) is 103 Å². The summed E-state index contributed by atoms with van der Waals surface area (Å²) in [7, 11) is 0. The summed E-state index contributed by atoms with van der Waals surface area (Å²) in [6.07, 6.45) is 3.56. The molecule has 2 heterocycles. The average Bonchev–Trinajstić information content (AvgIpc) is 3.12. The van der Waals surface area contributed by atoms with Crippen molar-refractivity contribution in [1.29, 1.82) is 0 Å². The van der Waals surface area contributed by atoms with E-state index in [2.05, 4.69) is 72.7 Å². The first-order valence-corrected chi connectivity index (χ1v) is 14.7. The van der Waals surface area contributed by atoms with Gasteiger partial charge >= 0.3 is 5.97 Å². The number of esters is 1. The van der Waals surface area contributed by atoms with Gasteiger partial charge in [-0.1, -0.05) is 52.1 Å². The van der Waals surface area contributed by atoms with E-state index in [0.29, 0.717) is 27.2 Å². The fourth-order valence-electron chi connectivity index (χ4n) is 3.85. The number of nitrogens with zero attached hydrogens (tertiary/aromatic N) is 2. The van der Waals surface area contributed by atoms with Crippen LogP contribution in [0.1, 0.15) is 31.0 Å². The fourth-order valence-corrected chi connectivity index (χ4v) is 7.28. The summed E-state index contributed by atoms with van der Waals surface area (Å²) in [5, 5.41) is 0. The standard InChI is InChI=1S/C26H21BrI2N2O4S/c1-4-10-35-23-18(28)11-15(12-19(23)29)13-20-24(32)31-22(16-6-8-17(27)9-7-16)21(25(33)34-5-2)14(3)30-26(31)36-20/h4,6-9,11-13,22H,1,5,10H2,2-3H3/b20-13-/t22-/m1/s1. The number of aromatic nitrogens is 1. The van der Waals surface area contributed by atoms with E-state index in [1.54, 1.807) is 24.5 Å². The number of hydrogen-bond acceptors (Lipinski definition) is 6. The van der Waals surface area contributed by atoms with Crippen LogP contribution in [-0.4, -0.2) is 23.8 Å². The second-order valence-electron chi connectivity index (χ2n) is 7.77. The summed E-state index contributed by atoms with van der Waals surface area (Å²) < 4.78 is 16.0. The van der Waals surface area contributed by atoms with Crippen LogP contribution in [0.2, 0.25) is 0 Å². The van der Waals surface area contributed by atoms with Gasteiger partial charge in [0.1, 0.15) is 12.4 Å². The summed E-state index contributed by atoms with van der Waals surface area (Å²) in [6.45, 7) is 7.89. The molecule has 0 bridgehead atoms. The van der Waals surface area contributed by atoms with Crippen molar-refractivity contribution in [2.75, 3.05) is 13.2 Å². The molecule has 0 fully saturated rings. The first kappa shape index (κ1) is 27.3. The van der Waals surface area contributed by atoms with E-state index in [1.807, 2.05) is 42.5 Å². The molecule has 0 N–H and O–H groups in total. The summed E-state index contributed by atoms with van der Waals surface area (Å²) in [5.74, 6) is 0.319. The average molecular weight is 791 g/mol. The second kappa shape index (κ2) is 11.7. The Morgan fingerprint density at radius 1 is 1.25 bits per heavy atom. The van der Waals surface area contributed by atoms with Crippen molar-refractivity contribution in [2.45, 2.75) is 19.9 Å². The number of halogens is 3. The van der Waals surface area contributed by atoms with E-state index in [9.17, 15) is 9.59 Å². The zero-order valence-corrected chi connectivity index (χ0v) is 26.1. The third kappa shape index (κ3) is 5.55. The number of thiazole rings is 1. The molecule has 36 heavy (non-hydrogen) atoms. The molecule has 186 valence electrons. The number of carbonyl (C=O) groups excluding carboxylic acids is 1. The first-order chi connectivity index (χ1) is 17.2. The number of allylic oxidation sites excluding steroid dienone is 1. The highest BCUT2D eigenvalue weighted by Gasteiger charge is 2.33. The molecular formula is C26H21BrI2N2O4S. The molecule has 0 radical (unpaired) electrons. The molecule has 3 aromatic rings. The smallest absolute Gasteiger partial charge is 0.338 e. The Labute approximate surface area is 247 Å². The van der Waals surface area contributed by atoms with Crippen LogP contribution in [0.5, 0.6) is 5.75 Å². The minimum absolute atomic E-state index is 0.210. The lowest BCUT2D eigenvalue weighted by molar-refractivity contribution is -0.139. The number of ether oxygens (including phenoxy) is 2. The van der Waals surface area contributed by atoms with Gasteiger partial charge in [0.2, 0.25) is 0 Å². The van der Waals surface area contributed by atoms with Crippen LogP contribution in [0, 0.1) is 7.14 Å². The van der Waals surface area contributed by atoms with Crippen LogP contribution in [0.15, 0.2) is 74.6 Å². The summed E-state index contributed by atoms with van der Waals surface area (Å²) in [4.78, 5) is 31.9. The molecule has 0 saturated heterocycles. The molecule has 6 nitrogen and oxygen atoms in total. The zero-order chi connectivity index (χ0) is 26.0. The zero-order valence-electron chi connectivity index (χ0n) is 19.4. The molecule has 0 unspecified atom stereocenters. The molecule has 1 aromatic heterocycles. The van der Waals surface area contributed by atoms with Gasteiger partial charge < -0.3 is 9.47 Å². The maximum absolute atomic E-state index is 13.7. The molecule has 0 amide bonds. The van der Waals surface area contributed by atoms with E-state index in [-0.39, 0.29) is 12.2 Å². The summed E-state index contributed by atoms with van der Waals surface area (Å²) in [6, 6.07) is 10.9. The Kier molecular flexibility index (Phi) is 8.89. The van der Waals surface area contributed by atoms with Crippen LogP contribution in [0.25, 0.3) is 6.08 Å².